The fraction of sp³-hybridized carbons (Fsp3) is 0.259. The molecule has 1 aromatic heterocycles. The molecule has 0 spiro atoms. The monoisotopic (exact) mass is 491 g/mol. The highest BCUT2D eigenvalue weighted by molar-refractivity contribution is 7.89. The highest BCUT2D eigenvalue weighted by Gasteiger charge is 2.25. The number of rotatable bonds is 5. The van der Waals surface area contributed by atoms with Crippen LogP contribution in [0.3, 0.4) is 0 Å². The largest absolute Gasteiger partial charge is 0.457 e. The van der Waals surface area contributed by atoms with Gasteiger partial charge in [0.25, 0.3) is 0 Å². The molecule has 5 rings (SSSR count). The number of fused-ring (bicyclic) bond motifs is 3. The Bertz CT molecular complexity index is 1550. The van der Waals surface area contributed by atoms with Crippen LogP contribution >= 0.6 is 0 Å². The van der Waals surface area contributed by atoms with E-state index in [-0.39, 0.29) is 17.1 Å². The van der Waals surface area contributed by atoms with E-state index in [4.69, 9.17) is 9.15 Å². The summed E-state index contributed by atoms with van der Waals surface area (Å²) < 4.78 is 38.3. The molecule has 0 aliphatic carbocycles. The first-order valence-electron chi connectivity index (χ1n) is 11.7. The van der Waals surface area contributed by atoms with Crippen molar-refractivity contribution in [3.8, 4) is 0 Å². The predicted molar refractivity (Wildman–Crippen MR) is 133 cm³/mol. The zero-order valence-electron chi connectivity index (χ0n) is 19.1. The Hall–Kier alpha value is -3.49. The molecule has 0 N–H and O–H groups in total. The summed E-state index contributed by atoms with van der Waals surface area (Å²) in [5.41, 5.74) is 0.672. The third kappa shape index (κ3) is 4.72. The van der Waals surface area contributed by atoms with Crippen molar-refractivity contribution >= 4 is 37.7 Å². The van der Waals surface area contributed by atoms with Crippen molar-refractivity contribution in [3.63, 3.8) is 0 Å². The van der Waals surface area contributed by atoms with Crippen LogP contribution in [0.25, 0.3) is 21.7 Å². The number of benzene rings is 3. The van der Waals surface area contributed by atoms with Crippen molar-refractivity contribution in [2.24, 2.45) is 0 Å². The summed E-state index contributed by atoms with van der Waals surface area (Å²) in [4.78, 5) is 25.0. The molecule has 0 bridgehead atoms. The summed E-state index contributed by atoms with van der Waals surface area (Å²) in [7, 11) is -3.60. The Kier molecular flexibility index (Phi) is 6.40. The van der Waals surface area contributed by atoms with E-state index >= 15 is 0 Å². The number of ether oxygens (including phenoxy) is 1. The second-order valence-electron chi connectivity index (χ2n) is 8.67. The third-order valence-corrected chi connectivity index (χ3v) is 8.28. The topological polar surface area (TPSA) is 93.9 Å². The van der Waals surface area contributed by atoms with E-state index in [1.54, 1.807) is 6.07 Å². The van der Waals surface area contributed by atoms with Crippen LogP contribution < -0.4 is 5.63 Å². The number of carbonyl (C=O) groups is 1. The molecule has 8 heteroatoms. The Morgan fingerprint density at radius 3 is 2.37 bits per heavy atom. The number of hydrogen-bond donors (Lipinski definition) is 0. The molecule has 2 heterocycles. The number of nitrogens with zero attached hydrogens (tertiary/aromatic N) is 1. The summed E-state index contributed by atoms with van der Waals surface area (Å²) in [6, 6.07) is 18.4. The lowest BCUT2D eigenvalue weighted by atomic mass is 10.0. The SMILES string of the molecule is O=C(OCc1cc(=O)oc2ccc3ccccc3c12)c1ccc(S(=O)(=O)N2CCCCCC2)cc1. The highest BCUT2D eigenvalue weighted by Crippen LogP contribution is 2.28. The number of sulfonamides is 1. The van der Waals surface area contributed by atoms with E-state index in [1.165, 1.54) is 34.6 Å². The zero-order valence-corrected chi connectivity index (χ0v) is 19.9. The fourth-order valence-corrected chi connectivity index (χ4v) is 6.07. The second-order valence-corrected chi connectivity index (χ2v) is 10.6. The molecule has 0 saturated carbocycles. The minimum atomic E-state index is -3.60. The van der Waals surface area contributed by atoms with E-state index in [2.05, 4.69) is 0 Å². The Morgan fingerprint density at radius 2 is 1.63 bits per heavy atom. The summed E-state index contributed by atoms with van der Waals surface area (Å²) in [6.45, 7) is 0.905. The molecule has 4 aromatic rings. The van der Waals surface area contributed by atoms with Crippen molar-refractivity contribution in [1.82, 2.24) is 4.31 Å². The number of carbonyl (C=O) groups excluding carboxylic acids is 1. The zero-order chi connectivity index (χ0) is 24.4. The normalized spacial score (nSPS) is 15.2. The van der Waals surface area contributed by atoms with E-state index in [1.807, 2.05) is 30.3 Å². The van der Waals surface area contributed by atoms with Gasteiger partial charge in [-0.1, -0.05) is 43.2 Å². The van der Waals surface area contributed by atoms with Crippen molar-refractivity contribution in [2.75, 3.05) is 13.1 Å². The van der Waals surface area contributed by atoms with Gasteiger partial charge in [0.15, 0.2) is 0 Å². The van der Waals surface area contributed by atoms with E-state index in [0.717, 1.165) is 41.8 Å². The predicted octanol–water partition coefficient (Wildman–Crippen LogP) is 4.87. The first-order chi connectivity index (χ1) is 16.9. The molecular weight excluding hydrogens is 466 g/mol. The van der Waals surface area contributed by atoms with Crippen molar-refractivity contribution < 1.29 is 22.4 Å². The van der Waals surface area contributed by atoms with E-state index < -0.39 is 21.6 Å². The molecule has 1 fully saturated rings. The van der Waals surface area contributed by atoms with Gasteiger partial charge in [-0.25, -0.2) is 18.0 Å². The van der Waals surface area contributed by atoms with Gasteiger partial charge in [-0.15, -0.1) is 0 Å². The summed E-state index contributed by atoms with van der Waals surface area (Å²) in [5, 5.41) is 2.58. The summed E-state index contributed by atoms with van der Waals surface area (Å²) in [6.07, 6.45) is 3.77. The maximum atomic E-state index is 13.0. The lowest BCUT2D eigenvalue weighted by Crippen LogP contribution is -2.31. The Morgan fingerprint density at radius 1 is 0.914 bits per heavy atom. The molecule has 7 nitrogen and oxygen atoms in total. The minimum Gasteiger partial charge on any atom is -0.457 e. The van der Waals surface area contributed by atoms with Gasteiger partial charge in [0, 0.05) is 30.1 Å². The minimum absolute atomic E-state index is 0.122. The van der Waals surface area contributed by atoms with Gasteiger partial charge in [-0.05, 0) is 53.9 Å². The highest BCUT2D eigenvalue weighted by atomic mass is 32.2. The van der Waals surface area contributed by atoms with Crippen LogP contribution in [0.15, 0.2) is 80.8 Å². The van der Waals surface area contributed by atoms with Crippen molar-refractivity contribution in [1.29, 1.82) is 0 Å². The maximum absolute atomic E-state index is 13.0. The van der Waals surface area contributed by atoms with Gasteiger partial charge in [0.2, 0.25) is 10.0 Å². The van der Waals surface area contributed by atoms with Crippen LogP contribution in [0, 0.1) is 0 Å². The lowest BCUT2D eigenvalue weighted by molar-refractivity contribution is 0.0473. The molecule has 1 saturated heterocycles. The quantitative estimate of drug-likeness (QED) is 0.225. The van der Waals surface area contributed by atoms with E-state index in [0.29, 0.717) is 24.2 Å². The van der Waals surface area contributed by atoms with Gasteiger partial charge in [0.1, 0.15) is 12.2 Å². The Labute approximate surface area is 203 Å². The molecule has 0 unspecified atom stereocenters. The molecule has 180 valence electrons. The molecule has 1 aliphatic rings. The second kappa shape index (κ2) is 9.64. The summed E-state index contributed by atoms with van der Waals surface area (Å²) in [5.74, 6) is -0.606. The number of hydrogen-bond acceptors (Lipinski definition) is 6. The molecule has 0 atom stereocenters. The standard InChI is InChI=1S/C27H25NO6S/c29-25-17-21(26-23-8-4-3-7-19(23)11-14-24(26)34-25)18-33-27(30)20-9-12-22(13-10-20)35(31,32)28-15-5-1-2-6-16-28/h3-4,7-14,17H,1-2,5-6,15-16,18H2. The average Bonchev–Trinajstić information content (AvgIpc) is 3.17. The van der Waals surface area contributed by atoms with Crippen LogP contribution in [-0.4, -0.2) is 31.8 Å². The van der Waals surface area contributed by atoms with E-state index in [9.17, 15) is 18.0 Å². The fourth-order valence-electron chi connectivity index (χ4n) is 4.55. The Balaban J connectivity index is 1.36. The van der Waals surface area contributed by atoms with Crippen molar-refractivity contribution in [3.05, 3.63) is 88.3 Å². The van der Waals surface area contributed by atoms with Gasteiger partial charge in [-0.3, -0.25) is 0 Å². The number of esters is 1. The van der Waals surface area contributed by atoms with Gasteiger partial charge >= 0.3 is 11.6 Å². The smallest absolute Gasteiger partial charge is 0.338 e. The van der Waals surface area contributed by atoms with Crippen LogP contribution in [0.5, 0.6) is 0 Å². The third-order valence-electron chi connectivity index (χ3n) is 6.37. The molecule has 3 aromatic carbocycles. The summed E-state index contributed by atoms with van der Waals surface area (Å²) >= 11 is 0. The van der Waals surface area contributed by atoms with Crippen LogP contribution in [0.2, 0.25) is 0 Å². The first kappa shape index (κ1) is 23.3. The molecule has 0 radical (unpaired) electrons. The van der Waals surface area contributed by atoms with Crippen molar-refractivity contribution in [2.45, 2.75) is 37.2 Å². The van der Waals surface area contributed by atoms with Crippen LogP contribution in [0.1, 0.15) is 41.6 Å². The van der Waals surface area contributed by atoms with Gasteiger partial charge in [0.05, 0.1) is 10.5 Å². The molecule has 0 amide bonds. The first-order valence-corrected chi connectivity index (χ1v) is 13.1. The van der Waals surface area contributed by atoms with Crippen LogP contribution in [0.4, 0.5) is 0 Å². The molecular formula is C27H25NO6S. The van der Waals surface area contributed by atoms with Crippen LogP contribution in [-0.2, 0) is 21.4 Å². The van der Waals surface area contributed by atoms with Gasteiger partial charge in [-0.2, -0.15) is 4.31 Å². The molecule has 35 heavy (non-hydrogen) atoms. The maximum Gasteiger partial charge on any atom is 0.338 e. The lowest BCUT2D eigenvalue weighted by Gasteiger charge is -2.20. The molecule has 1 aliphatic heterocycles. The average molecular weight is 492 g/mol. The van der Waals surface area contributed by atoms with Gasteiger partial charge < -0.3 is 9.15 Å².